The van der Waals surface area contributed by atoms with Crippen LogP contribution in [0.25, 0.3) is 0 Å². The average Bonchev–Trinajstić information content (AvgIpc) is 2.44. The summed E-state index contributed by atoms with van der Waals surface area (Å²) in [5.74, 6) is 0. The summed E-state index contributed by atoms with van der Waals surface area (Å²) < 4.78 is 6.11. The highest BCUT2D eigenvalue weighted by atomic mass is 79.9. The third kappa shape index (κ3) is 1.58. The molecule has 0 radical (unpaired) electrons. The highest BCUT2D eigenvalue weighted by Crippen LogP contribution is 2.46. The Labute approximate surface area is 95.0 Å². The van der Waals surface area contributed by atoms with Crippen LogP contribution in [-0.2, 0) is 5.54 Å². The van der Waals surface area contributed by atoms with Gasteiger partial charge in [-0.25, -0.2) is 0 Å². The molecule has 2 rings (SSSR count). The molecule has 0 amide bonds. The van der Waals surface area contributed by atoms with Gasteiger partial charge in [0.15, 0.2) is 5.06 Å². The zero-order valence-electron chi connectivity index (χ0n) is 7.79. The van der Waals surface area contributed by atoms with Gasteiger partial charge in [-0.15, -0.1) is 11.3 Å². The van der Waals surface area contributed by atoms with E-state index in [4.69, 9.17) is 10.5 Å². The average molecular weight is 278 g/mol. The summed E-state index contributed by atoms with van der Waals surface area (Å²) in [4.78, 5) is 1.08. The van der Waals surface area contributed by atoms with Gasteiger partial charge in [0.1, 0.15) is 0 Å². The van der Waals surface area contributed by atoms with Crippen molar-refractivity contribution in [2.24, 2.45) is 5.73 Å². The summed E-state index contributed by atoms with van der Waals surface area (Å²) in [6.07, 6.45) is 1.04. The fourth-order valence-electron chi connectivity index (χ4n) is 1.72. The van der Waals surface area contributed by atoms with Crippen LogP contribution < -0.4 is 10.5 Å². The number of rotatable bonds is 2. The van der Waals surface area contributed by atoms with Crippen molar-refractivity contribution in [1.82, 2.24) is 0 Å². The normalized spacial score (nSPS) is 31.3. The SMILES string of the molecule is COc1sc(C2(N)CC(O)C2)cc1Br. The van der Waals surface area contributed by atoms with Crippen LogP contribution >= 0.6 is 27.3 Å². The number of hydrogen-bond acceptors (Lipinski definition) is 4. The van der Waals surface area contributed by atoms with E-state index < -0.39 is 0 Å². The van der Waals surface area contributed by atoms with Crippen LogP contribution in [0.5, 0.6) is 5.06 Å². The summed E-state index contributed by atoms with van der Waals surface area (Å²) in [6.45, 7) is 0. The van der Waals surface area contributed by atoms with E-state index in [1.165, 1.54) is 11.3 Å². The van der Waals surface area contributed by atoms with Gasteiger partial charge < -0.3 is 15.6 Å². The van der Waals surface area contributed by atoms with Crippen LogP contribution in [0.1, 0.15) is 17.7 Å². The van der Waals surface area contributed by atoms with Gasteiger partial charge in [0.2, 0.25) is 0 Å². The minimum absolute atomic E-state index is 0.244. The Morgan fingerprint density at radius 1 is 1.71 bits per heavy atom. The molecule has 1 heterocycles. The molecule has 5 heteroatoms. The number of halogens is 1. The summed E-state index contributed by atoms with van der Waals surface area (Å²) in [5.41, 5.74) is 5.78. The fraction of sp³-hybridized carbons (Fsp3) is 0.556. The van der Waals surface area contributed by atoms with Gasteiger partial charge in [-0.2, -0.15) is 0 Å². The first-order valence-electron chi connectivity index (χ1n) is 4.36. The van der Waals surface area contributed by atoms with Crippen LogP contribution in [0.15, 0.2) is 10.5 Å². The molecule has 0 saturated heterocycles. The van der Waals surface area contributed by atoms with Gasteiger partial charge in [0.25, 0.3) is 0 Å². The van der Waals surface area contributed by atoms with Crippen molar-refractivity contribution in [3.05, 3.63) is 15.4 Å². The molecule has 3 N–H and O–H groups in total. The molecule has 0 atom stereocenters. The van der Waals surface area contributed by atoms with E-state index in [0.717, 1.165) is 14.4 Å². The largest absolute Gasteiger partial charge is 0.486 e. The van der Waals surface area contributed by atoms with Gasteiger partial charge in [-0.1, -0.05) is 0 Å². The summed E-state index contributed by atoms with van der Waals surface area (Å²) in [5, 5.41) is 10.1. The molecule has 78 valence electrons. The number of aliphatic hydroxyl groups is 1. The van der Waals surface area contributed by atoms with Crippen LogP contribution in [0.2, 0.25) is 0 Å². The molecule has 0 bridgehead atoms. The predicted molar refractivity (Wildman–Crippen MR) is 59.7 cm³/mol. The lowest BCUT2D eigenvalue weighted by atomic mass is 9.74. The van der Waals surface area contributed by atoms with Crippen molar-refractivity contribution >= 4 is 27.3 Å². The molecule has 0 spiro atoms. The van der Waals surface area contributed by atoms with E-state index in [1.807, 2.05) is 6.07 Å². The Hall–Kier alpha value is -0.100. The van der Waals surface area contributed by atoms with Crippen LogP contribution in [0, 0.1) is 0 Å². The summed E-state index contributed by atoms with van der Waals surface area (Å²) in [6, 6.07) is 1.98. The smallest absolute Gasteiger partial charge is 0.188 e. The van der Waals surface area contributed by atoms with Crippen LogP contribution in [-0.4, -0.2) is 18.3 Å². The third-order valence-corrected chi connectivity index (χ3v) is 4.70. The number of aliphatic hydroxyl groups excluding tert-OH is 1. The molecule has 0 unspecified atom stereocenters. The van der Waals surface area contributed by atoms with Crippen molar-refractivity contribution in [2.45, 2.75) is 24.5 Å². The maximum atomic E-state index is 9.26. The Bertz CT molecular complexity index is 347. The van der Waals surface area contributed by atoms with E-state index in [2.05, 4.69) is 15.9 Å². The van der Waals surface area contributed by atoms with Crippen molar-refractivity contribution in [3.63, 3.8) is 0 Å². The fourth-order valence-corrected chi connectivity index (χ4v) is 3.49. The standard InChI is InChI=1S/C9H12BrNO2S/c1-13-8-6(10)2-7(14-8)9(11)3-5(12)4-9/h2,5,12H,3-4,11H2,1H3. The van der Waals surface area contributed by atoms with E-state index in [9.17, 15) is 5.11 Å². The second-order valence-electron chi connectivity index (χ2n) is 3.67. The highest BCUT2D eigenvalue weighted by molar-refractivity contribution is 9.10. The molecular formula is C9H12BrNO2S. The lowest BCUT2D eigenvalue weighted by Gasteiger charge is -2.41. The molecule has 1 saturated carbocycles. The maximum Gasteiger partial charge on any atom is 0.188 e. The minimum atomic E-state index is -0.344. The molecule has 1 aromatic rings. The van der Waals surface area contributed by atoms with Gasteiger partial charge in [-0.3, -0.25) is 0 Å². The van der Waals surface area contributed by atoms with Gasteiger partial charge in [0, 0.05) is 4.88 Å². The van der Waals surface area contributed by atoms with Crippen LogP contribution in [0.4, 0.5) is 0 Å². The quantitative estimate of drug-likeness (QED) is 0.867. The monoisotopic (exact) mass is 277 g/mol. The number of thiophene rings is 1. The van der Waals surface area contributed by atoms with Gasteiger partial charge in [0.05, 0.1) is 23.2 Å². The maximum absolute atomic E-state index is 9.26. The highest BCUT2D eigenvalue weighted by Gasteiger charge is 2.43. The second-order valence-corrected chi connectivity index (χ2v) is 5.54. The molecule has 14 heavy (non-hydrogen) atoms. The molecule has 1 aromatic heterocycles. The van der Waals surface area contributed by atoms with Gasteiger partial charge >= 0.3 is 0 Å². The molecule has 1 fully saturated rings. The molecule has 1 aliphatic rings. The second kappa shape index (κ2) is 3.48. The number of nitrogens with two attached hydrogens (primary N) is 1. The first-order valence-corrected chi connectivity index (χ1v) is 5.97. The molecular weight excluding hydrogens is 266 g/mol. The van der Waals surface area contributed by atoms with Crippen molar-refractivity contribution in [2.75, 3.05) is 7.11 Å². The lowest BCUT2D eigenvalue weighted by Crippen LogP contribution is -2.51. The minimum Gasteiger partial charge on any atom is -0.486 e. The van der Waals surface area contributed by atoms with Gasteiger partial charge in [-0.05, 0) is 34.8 Å². The first kappa shape index (κ1) is 10.4. The number of ether oxygens (including phenoxy) is 1. The lowest BCUT2D eigenvalue weighted by molar-refractivity contribution is 0.0227. The van der Waals surface area contributed by atoms with Crippen molar-refractivity contribution < 1.29 is 9.84 Å². The summed E-state index contributed by atoms with van der Waals surface area (Å²) >= 11 is 4.94. The van der Waals surface area contributed by atoms with E-state index in [1.54, 1.807) is 7.11 Å². The Morgan fingerprint density at radius 3 is 2.79 bits per heavy atom. The third-order valence-electron chi connectivity index (χ3n) is 2.53. The molecule has 1 aliphatic carbocycles. The van der Waals surface area contributed by atoms with E-state index in [-0.39, 0.29) is 11.6 Å². The molecule has 0 aliphatic heterocycles. The van der Waals surface area contributed by atoms with E-state index in [0.29, 0.717) is 12.8 Å². The van der Waals surface area contributed by atoms with Crippen molar-refractivity contribution in [1.29, 1.82) is 0 Å². The Morgan fingerprint density at radius 2 is 2.36 bits per heavy atom. The molecule has 0 aromatic carbocycles. The number of methoxy groups -OCH3 is 1. The number of hydrogen-bond donors (Lipinski definition) is 2. The predicted octanol–water partition coefficient (Wildman–Crippen LogP) is 1.83. The Kier molecular flexibility index (Phi) is 2.59. The Balaban J connectivity index is 2.25. The summed E-state index contributed by atoms with van der Waals surface area (Å²) in [7, 11) is 1.64. The van der Waals surface area contributed by atoms with E-state index >= 15 is 0 Å². The zero-order chi connectivity index (χ0) is 10.3. The zero-order valence-corrected chi connectivity index (χ0v) is 10.2. The molecule has 3 nitrogen and oxygen atoms in total. The van der Waals surface area contributed by atoms with Crippen molar-refractivity contribution in [3.8, 4) is 5.06 Å². The first-order chi connectivity index (χ1) is 6.55. The topological polar surface area (TPSA) is 55.5 Å². The van der Waals surface area contributed by atoms with Crippen LogP contribution in [0.3, 0.4) is 0 Å².